The molecule has 1 rings (SSSR count). The minimum absolute atomic E-state index is 0.123. The summed E-state index contributed by atoms with van der Waals surface area (Å²) in [6.45, 7) is 2.73. The van der Waals surface area contributed by atoms with Gasteiger partial charge in [-0.15, -0.1) is 0 Å². The monoisotopic (exact) mass is 251 g/mol. The Bertz CT molecular complexity index is 407. The van der Waals surface area contributed by atoms with E-state index >= 15 is 0 Å². The van der Waals surface area contributed by atoms with Gasteiger partial charge in [-0.05, 0) is 31.5 Å². The van der Waals surface area contributed by atoms with E-state index in [1.54, 1.807) is 32.4 Å². The van der Waals surface area contributed by atoms with E-state index in [1.165, 1.54) is 0 Å². The molecule has 0 heterocycles. The smallest absolute Gasteiger partial charge is 0.251 e. The molecule has 1 atom stereocenters. The lowest BCUT2D eigenvalue weighted by atomic mass is 10.1. The largest absolute Gasteiger partial charge is 0.397 e. The summed E-state index contributed by atoms with van der Waals surface area (Å²) in [4.78, 5) is 11.5. The van der Waals surface area contributed by atoms with Gasteiger partial charge in [0.1, 0.15) is 0 Å². The van der Waals surface area contributed by atoms with Crippen LogP contribution in [0.2, 0.25) is 0 Å². The molecule has 0 radical (unpaired) electrons. The van der Waals surface area contributed by atoms with Crippen LogP contribution >= 0.6 is 0 Å². The van der Waals surface area contributed by atoms with Gasteiger partial charge in [0.2, 0.25) is 0 Å². The van der Waals surface area contributed by atoms with Crippen LogP contribution in [-0.2, 0) is 4.74 Å². The standard InChI is InChI=1S/C13H21N3O2/c1-9(6-7-18-3)16-12-8-10(13(17)15-2)4-5-11(12)14/h4-5,8-9,16H,6-7,14H2,1-3H3,(H,15,17). The van der Waals surface area contributed by atoms with Gasteiger partial charge in [-0.1, -0.05) is 0 Å². The molecule has 0 bridgehead atoms. The maximum Gasteiger partial charge on any atom is 0.251 e. The summed E-state index contributed by atoms with van der Waals surface area (Å²) in [6, 6.07) is 5.43. The van der Waals surface area contributed by atoms with Crippen LogP contribution in [0.1, 0.15) is 23.7 Å². The van der Waals surface area contributed by atoms with Crippen LogP contribution in [0.15, 0.2) is 18.2 Å². The molecule has 0 aliphatic heterocycles. The molecule has 1 aromatic carbocycles. The lowest BCUT2D eigenvalue weighted by molar-refractivity contribution is 0.0963. The summed E-state index contributed by atoms with van der Waals surface area (Å²) in [5, 5.41) is 5.87. The van der Waals surface area contributed by atoms with E-state index in [2.05, 4.69) is 10.6 Å². The molecule has 0 saturated heterocycles. The van der Waals surface area contributed by atoms with Crippen molar-refractivity contribution in [3.63, 3.8) is 0 Å². The second-order valence-corrected chi connectivity index (χ2v) is 4.21. The van der Waals surface area contributed by atoms with Crippen molar-refractivity contribution >= 4 is 17.3 Å². The SMILES string of the molecule is CNC(=O)c1ccc(N)c(NC(C)CCOC)c1. The lowest BCUT2D eigenvalue weighted by Gasteiger charge is -2.17. The highest BCUT2D eigenvalue weighted by Gasteiger charge is 2.09. The summed E-state index contributed by atoms with van der Waals surface area (Å²) < 4.78 is 5.02. The Hall–Kier alpha value is -1.75. The number of ether oxygens (including phenoxy) is 1. The first kappa shape index (κ1) is 14.3. The molecule has 100 valence electrons. The van der Waals surface area contributed by atoms with Crippen molar-refractivity contribution in [2.45, 2.75) is 19.4 Å². The molecule has 1 unspecified atom stereocenters. The van der Waals surface area contributed by atoms with Gasteiger partial charge in [-0.25, -0.2) is 0 Å². The molecule has 0 aliphatic rings. The highest BCUT2D eigenvalue weighted by atomic mass is 16.5. The van der Waals surface area contributed by atoms with Crippen LogP contribution < -0.4 is 16.4 Å². The van der Waals surface area contributed by atoms with E-state index in [9.17, 15) is 4.79 Å². The normalized spacial score (nSPS) is 11.9. The van der Waals surface area contributed by atoms with E-state index in [0.717, 1.165) is 12.1 Å². The Kier molecular flexibility index (Phi) is 5.45. The van der Waals surface area contributed by atoms with E-state index in [-0.39, 0.29) is 11.9 Å². The fraction of sp³-hybridized carbons (Fsp3) is 0.462. The Labute approximate surface area is 108 Å². The van der Waals surface area contributed by atoms with Crippen molar-refractivity contribution in [3.05, 3.63) is 23.8 Å². The van der Waals surface area contributed by atoms with E-state index in [0.29, 0.717) is 17.9 Å². The van der Waals surface area contributed by atoms with Gasteiger partial charge in [0.15, 0.2) is 0 Å². The van der Waals surface area contributed by atoms with Gasteiger partial charge in [0.05, 0.1) is 11.4 Å². The van der Waals surface area contributed by atoms with Gasteiger partial charge in [-0.2, -0.15) is 0 Å². The van der Waals surface area contributed by atoms with Gasteiger partial charge in [0, 0.05) is 32.4 Å². The van der Waals surface area contributed by atoms with Crippen LogP contribution in [0.5, 0.6) is 0 Å². The number of nitrogens with two attached hydrogens (primary N) is 1. The molecule has 4 N–H and O–H groups in total. The number of hydrogen-bond donors (Lipinski definition) is 3. The van der Waals surface area contributed by atoms with Crippen LogP contribution in [0, 0.1) is 0 Å². The molecule has 0 spiro atoms. The topological polar surface area (TPSA) is 76.4 Å². The maximum absolute atomic E-state index is 11.5. The van der Waals surface area contributed by atoms with Crippen molar-refractivity contribution in [2.75, 3.05) is 31.8 Å². The quantitative estimate of drug-likeness (QED) is 0.669. The zero-order valence-corrected chi connectivity index (χ0v) is 11.1. The first-order valence-electron chi connectivity index (χ1n) is 5.95. The molecular weight excluding hydrogens is 230 g/mol. The molecule has 0 saturated carbocycles. The fourth-order valence-corrected chi connectivity index (χ4v) is 1.60. The number of anilines is 2. The first-order chi connectivity index (χ1) is 8.58. The molecule has 0 aromatic heterocycles. The Morgan fingerprint density at radius 2 is 2.22 bits per heavy atom. The molecule has 1 amide bonds. The third-order valence-corrected chi connectivity index (χ3v) is 2.70. The molecule has 18 heavy (non-hydrogen) atoms. The number of amides is 1. The number of rotatable bonds is 6. The van der Waals surface area contributed by atoms with Crippen molar-refractivity contribution in [3.8, 4) is 0 Å². The summed E-state index contributed by atoms with van der Waals surface area (Å²) >= 11 is 0. The lowest BCUT2D eigenvalue weighted by Crippen LogP contribution is -2.20. The van der Waals surface area contributed by atoms with Gasteiger partial charge in [-0.3, -0.25) is 4.79 Å². The van der Waals surface area contributed by atoms with E-state index in [1.807, 2.05) is 6.92 Å². The summed E-state index contributed by atoms with van der Waals surface area (Å²) in [5.41, 5.74) is 7.88. The number of nitrogen functional groups attached to an aromatic ring is 1. The van der Waals surface area contributed by atoms with Gasteiger partial charge >= 0.3 is 0 Å². The molecular formula is C13H21N3O2. The van der Waals surface area contributed by atoms with Crippen molar-refractivity contribution in [2.24, 2.45) is 0 Å². The predicted octanol–water partition coefficient (Wildman–Crippen LogP) is 1.47. The minimum atomic E-state index is -0.123. The van der Waals surface area contributed by atoms with Crippen LogP contribution in [0.4, 0.5) is 11.4 Å². The average molecular weight is 251 g/mol. The molecule has 0 fully saturated rings. The minimum Gasteiger partial charge on any atom is -0.397 e. The zero-order chi connectivity index (χ0) is 13.5. The zero-order valence-electron chi connectivity index (χ0n) is 11.1. The third-order valence-electron chi connectivity index (χ3n) is 2.70. The second-order valence-electron chi connectivity index (χ2n) is 4.21. The van der Waals surface area contributed by atoms with Crippen molar-refractivity contribution in [1.82, 2.24) is 5.32 Å². The number of carbonyl (C=O) groups is 1. The molecule has 1 aromatic rings. The number of methoxy groups -OCH3 is 1. The fourth-order valence-electron chi connectivity index (χ4n) is 1.60. The van der Waals surface area contributed by atoms with Gasteiger partial charge < -0.3 is 21.1 Å². The van der Waals surface area contributed by atoms with Crippen LogP contribution in [0.3, 0.4) is 0 Å². The highest BCUT2D eigenvalue weighted by Crippen LogP contribution is 2.21. The van der Waals surface area contributed by atoms with Crippen molar-refractivity contribution < 1.29 is 9.53 Å². The molecule has 5 nitrogen and oxygen atoms in total. The number of benzene rings is 1. The summed E-state index contributed by atoms with van der Waals surface area (Å²) in [5.74, 6) is -0.123. The maximum atomic E-state index is 11.5. The Morgan fingerprint density at radius 1 is 1.50 bits per heavy atom. The van der Waals surface area contributed by atoms with E-state index in [4.69, 9.17) is 10.5 Å². The number of hydrogen-bond acceptors (Lipinski definition) is 4. The number of nitrogens with one attached hydrogen (secondary N) is 2. The van der Waals surface area contributed by atoms with Crippen molar-refractivity contribution in [1.29, 1.82) is 0 Å². The van der Waals surface area contributed by atoms with E-state index < -0.39 is 0 Å². The first-order valence-corrected chi connectivity index (χ1v) is 5.95. The Balaban J connectivity index is 2.77. The Morgan fingerprint density at radius 3 is 2.83 bits per heavy atom. The molecule has 0 aliphatic carbocycles. The summed E-state index contributed by atoms with van der Waals surface area (Å²) in [6.07, 6.45) is 0.875. The van der Waals surface area contributed by atoms with Gasteiger partial charge in [0.25, 0.3) is 5.91 Å². The summed E-state index contributed by atoms with van der Waals surface area (Å²) in [7, 11) is 3.28. The third kappa shape index (κ3) is 3.92. The second kappa shape index (κ2) is 6.86. The van der Waals surface area contributed by atoms with Crippen LogP contribution in [0.25, 0.3) is 0 Å². The predicted molar refractivity (Wildman–Crippen MR) is 73.8 cm³/mol. The highest BCUT2D eigenvalue weighted by molar-refractivity contribution is 5.96. The average Bonchev–Trinajstić information content (AvgIpc) is 2.38. The molecule has 5 heteroatoms. The number of carbonyl (C=O) groups excluding carboxylic acids is 1. The van der Waals surface area contributed by atoms with Crippen LogP contribution in [-0.4, -0.2) is 32.7 Å².